The Kier molecular flexibility index (Phi) is 9.22. The maximum Gasteiger partial charge on any atom is 0.188 e. The predicted molar refractivity (Wildman–Crippen MR) is 273 cm³/mol. The molecule has 0 amide bonds. The van der Waals surface area contributed by atoms with E-state index in [1.807, 2.05) is 0 Å². The van der Waals surface area contributed by atoms with Gasteiger partial charge in [-0.2, -0.15) is 0 Å². The van der Waals surface area contributed by atoms with Crippen molar-refractivity contribution in [3.05, 3.63) is 261 Å². The lowest BCUT2D eigenvalue weighted by Crippen LogP contribution is -2.93. The lowest BCUT2D eigenvalue weighted by Gasteiger charge is -2.50. The summed E-state index contributed by atoms with van der Waals surface area (Å²) >= 11 is 0. The van der Waals surface area contributed by atoms with Crippen LogP contribution in [0.25, 0.3) is 22.3 Å². The summed E-state index contributed by atoms with van der Waals surface area (Å²) in [5.74, 6) is 1.84. The summed E-state index contributed by atoms with van der Waals surface area (Å²) in [4.78, 5) is 2.38. The maximum atomic E-state index is 7.21. The van der Waals surface area contributed by atoms with Crippen molar-refractivity contribution in [1.82, 2.24) is 0 Å². The van der Waals surface area contributed by atoms with Crippen molar-refractivity contribution in [2.45, 2.75) is 0 Å². The van der Waals surface area contributed by atoms with E-state index in [4.69, 9.17) is 4.74 Å². The van der Waals surface area contributed by atoms with Crippen LogP contribution in [0.4, 0.5) is 17.1 Å². The molecule has 0 atom stereocenters. The van der Waals surface area contributed by atoms with Crippen molar-refractivity contribution in [3.63, 3.8) is 0 Å². The first-order valence-electron chi connectivity index (χ1n) is 22.1. The molecule has 0 aromatic heterocycles. The third kappa shape index (κ3) is 5.77. The fourth-order valence-corrected chi connectivity index (χ4v) is 23.2. The van der Waals surface area contributed by atoms with Crippen LogP contribution in [0.2, 0.25) is 0 Å². The normalized spacial score (nSPS) is 13.7. The van der Waals surface area contributed by atoms with Crippen molar-refractivity contribution < 1.29 is 4.74 Å². The lowest BCUT2D eigenvalue weighted by atomic mass is 9.93. The molecule has 2 aliphatic rings. The molecule has 0 fully saturated rings. The molecule has 1 spiro atoms. The molecule has 302 valence electrons. The number of nitrogens with zero attached hydrogens (tertiary/aromatic N) is 1. The highest BCUT2D eigenvalue weighted by atomic mass is 28.3. The van der Waals surface area contributed by atoms with E-state index in [-0.39, 0.29) is 0 Å². The molecule has 0 radical (unpaired) electrons. The molecule has 0 aliphatic carbocycles. The molecule has 12 rings (SSSR count). The zero-order valence-electron chi connectivity index (χ0n) is 35.2. The highest BCUT2D eigenvalue weighted by Gasteiger charge is 2.59. The van der Waals surface area contributed by atoms with Gasteiger partial charge in [0.2, 0.25) is 0 Å². The summed E-state index contributed by atoms with van der Waals surface area (Å²) in [5.41, 5.74) is 7.93. The Morgan fingerprint density at radius 3 is 1.23 bits per heavy atom. The first kappa shape index (κ1) is 38.0. The number of para-hydroxylation sites is 2. The fourth-order valence-electron chi connectivity index (χ4n) is 10.9. The van der Waals surface area contributed by atoms with Gasteiger partial charge in [-0.05, 0) is 100 Å². The highest BCUT2D eigenvalue weighted by molar-refractivity contribution is 7.33. The van der Waals surface area contributed by atoms with Gasteiger partial charge in [0.1, 0.15) is 11.5 Å². The number of hydrogen-bond donors (Lipinski definition) is 0. The number of anilines is 3. The maximum absolute atomic E-state index is 7.21. The van der Waals surface area contributed by atoms with Gasteiger partial charge in [0, 0.05) is 23.1 Å². The average molecular weight is 850 g/mol. The van der Waals surface area contributed by atoms with Crippen LogP contribution in [0.5, 0.6) is 11.5 Å². The van der Waals surface area contributed by atoms with Crippen molar-refractivity contribution in [1.29, 1.82) is 0 Å². The van der Waals surface area contributed by atoms with E-state index < -0.39 is 16.1 Å². The Morgan fingerprint density at radius 1 is 0.266 bits per heavy atom. The second kappa shape index (κ2) is 15.5. The van der Waals surface area contributed by atoms with E-state index >= 15 is 0 Å². The van der Waals surface area contributed by atoms with Gasteiger partial charge in [-0.15, -0.1) is 0 Å². The van der Waals surface area contributed by atoms with Crippen molar-refractivity contribution >= 4 is 74.7 Å². The Bertz CT molecular complexity index is 3210. The Balaban J connectivity index is 1.12. The standard InChI is InChI=1S/C60H43NOSi2/c1-6-22-44(23-7-1)51-40-38-47(42-52(51)45-24-8-2-9-25-45)61(46-26-10-3-11-27-46)48-39-41-56-54(43-48)62-53-32-16-17-33-55(53)64(56)59-36-20-18-34-57(59)63(49-28-12-4-13-29-49,50-30-14-5-15-31-50)58-35-19-21-37-60(58)64/h1-43H. The van der Waals surface area contributed by atoms with Crippen LogP contribution in [-0.2, 0) is 0 Å². The zero-order chi connectivity index (χ0) is 42.5. The van der Waals surface area contributed by atoms with Gasteiger partial charge in [-0.3, -0.25) is 0 Å². The molecule has 0 saturated heterocycles. The predicted octanol–water partition coefficient (Wildman–Crippen LogP) is 9.66. The molecule has 0 bridgehead atoms. The number of ether oxygens (including phenoxy) is 1. The first-order valence-corrected chi connectivity index (χ1v) is 26.1. The molecule has 0 N–H and O–H groups in total. The summed E-state index contributed by atoms with van der Waals surface area (Å²) in [5, 5.41) is 11.2. The minimum Gasteiger partial charge on any atom is -0.457 e. The molecule has 64 heavy (non-hydrogen) atoms. The lowest BCUT2D eigenvalue weighted by molar-refractivity contribution is 0.487. The van der Waals surface area contributed by atoms with E-state index in [2.05, 4.69) is 266 Å². The van der Waals surface area contributed by atoms with Gasteiger partial charge in [0.25, 0.3) is 0 Å². The van der Waals surface area contributed by atoms with Crippen LogP contribution in [-0.4, -0.2) is 16.1 Å². The average Bonchev–Trinajstić information content (AvgIpc) is 3.38. The van der Waals surface area contributed by atoms with E-state index in [1.54, 1.807) is 0 Å². The molecular weight excluding hydrogens is 807 g/mol. The van der Waals surface area contributed by atoms with Crippen molar-refractivity contribution in [2.75, 3.05) is 4.90 Å². The van der Waals surface area contributed by atoms with Crippen molar-refractivity contribution in [2.24, 2.45) is 0 Å². The van der Waals surface area contributed by atoms with Gasteiger partial charge in [0.15, 0.2) is 16.1 Å². The van der Waals surface area contributed by atoms with Crippen LogP contribution in [0.15, 0.2) is 261 Å². The van der Waals surface area contributed by atoms with Gasteiger partial charge in [-0.25, -0.2) is 0 Å². The molecule has 2 aliphatic heterocycles. The second-order valence-electron chi connectivity index (χ2n) is 16.7. The van der Waals surface area contributed by atoms with Gasteiger partial charge >= 0.3 is 0 Å². The Morgan fingerprint density at radius 2 is 0.672 bits per heavy atom. The largest absolute Gasteiger partial charge is 0.457 e. The Labute approximate surface area is 377 Å². The third-order valence-corrected chi connectivity index (χ3v) is 23.8. The Hall–Kier alpha value is -7.77. The molecule has 10 aromatic carbocycles. The molecule has 10 aromatic rings. The summed E-state index contributed by atoms with van der Waals surface area (Å²) in [6, 6.07) is 96.5. The minimum atomic E-state index is -3.03. The topological polar surface area (TPSA) is 12.5 Å². The smallest absolute Gasteiger partial charge is 0.188 e. The molecule has 2 nitrogen and oxygen atoms in total. The molecular formula is C60H43NOSi2. The number of benzene rings is 10. The van der Waals surface area contributed by atoms with E-state index in [1.165, 1.54) is 63.7 Å². The molecule has 4 heteroatoms. The summed E-state index contributed by atoms with van der Waals surface area (Å²) < 4.78 is 7.21. The van der Waals surface area contributed by atoms with E-state index in [9.17, 15) is 0 Å². The monoisotopic (exact) mass is 849 g/mol. The zero-order valence-corrected chi connectivity index (χ0v) is 37.2. The number of fused-ring (bicyclic) bond motifs is 8. The first-order chi connectivity index (χ1) is 31.8. The molecule has 0 saturated carbocycles. The summed E-state index contributed by atoms with van der Waals surface area (Å²) in [7, 11) is -5.85. The second-order valence-corrected chi connectivity index (χ2v) is 24.1. The van der Waals surface area contributed by atoms with Crippen LogP contribution in [0.1, 0.15) is 0 Å². The fraction of sp³-hybridized carbons (Fsp3) is 0. The minimum absolute atomic E-state index is 0.909. The van der Waals surface area contributed by atoms with Crippen LogP contribution in [0, 0.1) is 0 Å². The SMILES string of the molecule is c1ccc(-c2ccc(N(c3ccccc3)c3ccc4c(c3)Oc3ccccc3[Si]43c4ccccc4[Si](c4ccccc4)(c4ccccc4)c4ccccc43)cc2-c2ccccc2)cc1. The number of rotatable bonds is 7. The highest BCUT2D eigenvalue weighted by Crippen LogP contribution is 2.42. The summed E-state index contributed by atoms with van der Waals surface area (Å²) in [6.07, 6.45) is 0. The van der Waals surface area contributed by atoms with E-state index in [0.29, 0.717) is 0 Å². The van der Waals surface area contributed by atoms with Gasteiger partial charge in [0.05, 0.1) is 0 Å². The molecule has 0 unspecified atom stereocenters. The number of hydrogen-bond acceptors (Lipinski definition) is 2. The van der Waals surface area contributed by atoms with Gasteiger partial charge < -0.3 is 9.64 Å². The van der Waals surface area contributed by atoms with Crippen LogP contribution >= 0.6 is 0 Å². The third-order valence-electron chi connectivity index (χ3n) is 13.5. The molecule has 2 heterocycles. The van der Waals surface area contributed by atoms with Crippen LogP contribution in [0.3, 0.4) is 0 Å². The van der Waals surface area contributed by atoms with Gasteiger partial charge in [-0.1, -0.05) is 218 Å². The summed E-state index contributed by atoms with van der Waals surface area (Å²) in [6.45, 7) is 0. The van der Waals surface area contributed by atoms with Crippen molar-refractivity contribution in [3.8, 4) is 33.8 Å². The van der Waals surface area contributed by atoms with E-state index in [0.717, 1.165) is 28.6 Å². The quantitative estimate of drug-likeness (QED) is 0.148. The van der Waals surface area contributed by atoms with Crippen LogP contribution < -0.4 is 51.1 Å².